The predicted octanol–water partition coefficient (Wildman–Crippen LogP) is 3.17. The highest BCUT2D eigenvalue weighted by Crippen LogP contribution is 2.35. The van der Waals surface area contributed by atoms with E-state index in [1.165, 1.54) is 0 Å². The van der Waals surface area contributed by atoms with Crippen molar-refractivity contribution in [3.8, 4) is 5.75 Å². The number of aromatic nitrogens is 3. The number of carbonyl (C=O) groups is 1. The minimum absolute atomic E-state index is 0.0276. The van der Waals surface area contributed by atoms with Crippen LogP contribution in [0.5, 0.6) is 5.75 Å². The average Bonchev–Trinajstić information content (AvgIpc) is 3.34. The van der Waals surface area contributed by atoms with Gasteiger partial charge in [0.05, 0.1) is 23.8 Å². The summed E-state index contributed by atoms with van der Waals surface area (Å²) >= 11 is 1.70. The van der Waals surface area contributed by atoms with Crippen LogP contribution in [0.25, 0.3) is 10.2 Å². The van der Waals surface area contributed by atoms with Gasteiger partial charge in [0, 0.05) is 33.2 Å². The zero-order chi connectivity index (χ0) is 19.7. The molecule has 1 aromatic carbocycles. The fraction of sp³-hybridized carbons (Fsp3) is 0.450. The SMILES string of the molecule is CCOc1cccc2sc(N3CCC(N(C)C(=O)c4cncn4C)CC3)nc12. The van der Waals surface area contributed by atoms with Gasteiger partial charge in [-0.15, -0.1) is 0 Å². The number of aryl methyl sites for hydroxylation is 1. The molecule has 0 unspecified atom stereocenters. The van der Waals surface area contributed by atoms with Gasteiger partial charge in [0.2, 0.25) is 0 Å². The van der Waals surface area contributed by atoms with Gasteiger partial charge >= 0.3 is 0 Å². The van der Waals surface area contributed by atoms with E-state index in [1.54, 1.807) is 28.4 Å². The number of piperidine rings is 1. The molecule has 1 saturated heterocycles. The first-order valence-corrected chi connectivity index (χ1v) is 10.4. The summed E-state index contributed by atoms with van der Waals surface area (Å²) in [4.78, 5) is 25.8. The lowest BCUT2D eigenvalue weighted by Crippen LogP contribution is -2.46. The largest absolute Gasteiger partial charge is 0.492 e. The number of anilines is 1. The molecule has 1 aliphatic rings. The summed E-state index contributed by atoms with van der Waals surface area (Å²) in [6.45, 7) is 4.39. The number of nitrogens with zero attached hydrogens (tertiary/aromatic N) is 5. The van der Waals surface area contributed by atoms with Crippen LogP contribution in [0.2, 0.25) is 0 Å². The molecule has 3 aromatic rings. The van der Waals surface area contributed by atoms with Crippen LogP contribution in [-0.2, 0) is 7.05 Å². The molecular formula is C20H25N5O2S. The van der Waals surface area contributed by atoms with Crippen LogP contribution in [0.3, 0.4) is 0 Å². The molecule has 0 N–H and O–H groups in total. The highest BCUT2D eigenvalue weighted by molar-refractivity contribution is 7.22. The molecule has 8 heteroatoms. The van der Waals surface area contributed by atoms with Gasteiger partial charge in [-0.2, -0.15) is 0 Å². The predicted molar refractivity (Wildman–Crippen MR) is 111 cm³/mol. The van der Waals surface area contributed by atoms with E-state index in [9.17, 15) is 4.79 Å². The molecule has 2 aromatic heterocycles. The average molecular weight is 400 g/mol. The van der Waals surface area contributed by atoms with Crippen molar-refractivity contribution in [1.82, 2.24) is 19.4 Å². The zero-order valence-corrected chi connectivity index (χ0v) is 17.3. The van der Waals surface area contributed by atoms with Gasteiger partial charge in [0.15, 0.2) is 5.13 Å². The van der Waals surface area contributed by atoms with E-state index in [0.717, 1.165) is 47.0 Å². The minimum atomic E-state index is 0.0276. The topological polar surface area (TPSA) is 63.5 Å². The van der Waals surface area contributed by atoms with Crippen LogP contribution in [-0.4, -0.2) is 58.1 Å². The van der Waals surface area contributed by atoms with Crippen LogP contribution in [0.4, 0.5) is 5.13 Å². The summed E-state index contributed by atoms with van der Waals surface area (Å²) < 4.78 is 8.63. The molecule has 148 valence electrons. The number of hydrogen-bond donors (Lipinski definition) is 0. The molecule has 28 heavy (non-hydrogen) atoms. The second kappa shape index (κ2) is 7.79. The number of imidazole rings is 1. The van der Waals surface area contributed by atoms with Crippen LogP contribution in [0.1, 0.15) is 30.3 Å². The molecule has 0 aliphatic carbocycles. The molecule has 7 nitrogen and oxygen atoms in total. The summed E-state index contributed by atoms with van der Waals surface area (Å²) in [5.41, 5.74) is 1.56. The van der Waals surface area contributed by atoms with Gasteiger partial charge < -0.3 is 19.1 Å². The van der Waals surface area contributed by atoms with E-state index in [1.807, 2.05) is 38.1 Å². The molecule has 1 amide bonds. The van der Waals surface area contributed by atoms with E-state index in [2.05, 4.69) is 16.0 Å². The number of ether oxygens (including phenoxy) is 1. The summed E-state index contributed by atoms with van der Waals surface area (Å²) in [6, 6.07) is 6.31. The van der Waals surface area contributed by atoms with E-state index in [4.69, 9.17) is 9.72 Å². The van der Waals surface area contributed by atoms with Crippen molar-refractivity contribution in [2.45, 2.75) is 25.8 Å². The van der Waals surface area contributed by atoms with Crippen LogP contribution in [0.15, 0.2) is 30.7 Å². The Kier molecular flexibility index (Phi) is 5.21. The molecule has 1 fully saturated rings. The molecule has 0 atom stereocenters. The van der Waals surface area contributed by atoms with Gasteiger partial charge in [-0.3, -0.25) is 4.79 Å². The van der Waals surface area contributed by atoms with Crippen LogP contribution in [0, 0.1) is 0 Å². The van der Waals surface area contributed by atoms with Crippen molar-refractivity contribution in [2.24, 2.45) is 7.05 Å². The van der Waals surface area contributed by atoms with Crippen LogP contribution < -0.4 is 9.64 Å². The van der Waals surface area contributed by atoms with Gasteiger partial charge in [-0.1, -0.05) is 17.4 Å². The van der Waals surface area contributed by atoms with Crippen molar-refractivity contribution in [2.75, 3.05) is 31.6 Å². The third-order valence-corrected chi connectivity index (χ3v) is 6.39. The monoisotopic (exact) mass is 399 g/mol. The van der Waals surface area contributed by atoms with Gasteiger partial charge in [-0.25, -0.2) is 9.97 Å². The summed E-state index contributed by atoms with van der Waals surface area (Å²) in [5, 5.41) is 1.03. The maximum absolute atomic E-state index is 12.7. The molecule has 1 aliphatic heterocycles. The number of fused-ring (bicyclic) bond motifs is 1. The lowest BCUT2D eigenvalue weighted by Gasteiger charge is -2.36. The molecule has 0 saturated carbocycles. The second-order valence-corrected chi connectivity index (χ2v) is 8.07. The molecule has 3 heterocycles. The van der Waals surface area contributed by atoms with E-state index in [-0.39, 0.29) is 11.9 Å². The number of amides is 1. The standard InChI is InChI=1S/C20H25N5O2S/c1-4-27-16-6-5-7-17-18(16)22-20(28-17)25-10-8-14(9-11-25)24(3)19(26)15-12-21-13-23(15)2/h5-7,12-14H,4,8-11H2,1-3H3. The molecule has 4 rings (SSSR count). The Labute approximate surface area is 168 Å². The summed E-state index contributed by atoms with van der Waals surface area (Å²) in [6.07, 6.45) is 5.14. The Hall–Kier alpha value is -2.61. The van der Waals surface area contributed by atoms with Crippen molar-refractivity contribution in [3.05, 3.63) is 36.4 Å². The summed E-state index contributed by atoms with van der Waals surface area (Å²) in [5.74, 6) is 0.874. The van der Waals surface area contributed by atoms with Crippen molar-refractivity contribution in [3.63, 3.8) is 0 Å². The van der Waals surface area contributed by atoms with E-state index < -0.39 is 0 Å². The third kappa shape index (κ3) is 3.44. The van der Waals surface area contributed by atoms with Gasteiger partial charge in [0.25, 0.3) is 5.91 Å². The number of para-hydroxylation sites is 1. The fourth-order valence-corrected chi connectivity index (χ4v) is 4.71. The van der Waals surface area contributed by atoms with E-state index in [0.29, 0.717) is 12.3 Å². The highest BCUT2D eigenvalue weighted by Gasteiger charge is 2.28. The number of carbonyl (C=O) groups excluding carboxylic acids is 1. The normalized spacial score (nSPS) is 15.2. The number of hydrogen-bond acceptors (Lipinski definition) is 6. The lowest BCUT2D eigenvalue weighted by molar-refractivity contribution is 0.0699. The molecule has 0 radical (unpaired) electrons. The second-order valence-electron chi connectivity index (χ2n) is 7.06. The first-order valence-electron chi connectivity index (χ1n) is 9.59. The van der Waals surface area contributed by atoms with Crippen molar-refractivity contribution < 1.29 is 9.53 Å². The van der Waals surface area contributed by atoms with Crippen molar-refractivity contribution in [1.29, 1.82) is 0 Å². The maximum atomic E-state index is 12.7. The Morgan fingerprint density at radius 2 is 2.14 bits per heavy atom. The maximum Gasteiger partial charge on any atom is 0.272 e. The van der Waals surface area contributed by atoms with Crippen molar-refractivity contribution >= 4 is 32.6 Å². The van der Waals surface area contributed by atoms with E-state index >= 15 is 0 Å². The summed E-state index contributed by atoms with van der Waals surface area (Å²) in [7, 11) is 3.74. The Balaban J connectivity index is 1.44. The first-order chi connectivity index (χ1) is 13.6. The number of benzene rings is 1. The highest BCUT2D eigenvalue weighted by atomic mass is 32.1. The quantitative estimate of drug-likeness (QED) is 0.659. The first kappa shape index (κ1) is 18.7. The Bertz CT molecular complexity index is 974. The smallest absolute Gasteiger partial charge is 0.272 e. The Morgan fingerprint density at radius 1 is 1.36 bits per heavy atom. The van der Waals surface area contributed by atoms with Crippen LogP contribution >= 0.6 is 11.3 Å². The lowest BCUT2D eigenvalue weighted by atomic mass is 10.0. The molecular weight excluding hydrogens is 374 g/mol. The van der Waals surface area contributed by atoms with Gasteiger partial charge in [-0.05, 0) is 31.9 Å². The third-order valence-electron chi connectivity index (χ3n) is 5.31. The van der Waals surface area contributed by atoms with Gasteiger partial charge in [0.1, 0.15) is 17.0 Å². The number of rotatable bonds is 5. The Morgan fingerprint density at radius 3 is 2.82 bits per heavy atom. The number of thiazole rings is 1. The fourth-order valence-electron chi connectivity index (χ4n) is 3.67. The minimum Gasteiger partial charge on any atom is -0.492 e. The molecule has 0 bridgehead atoms. The molecule has 0 spiro atoms. The zero-order valence-electron chi connectivity index (χ0n) is 16.5.